The molecular formula is C20H11F4N3O5. The number of halogens is 4. The van der Waals surface area contributed by atoms with Gasteiger partial charge in [-0.25, -0.2) is 9.48 Å². The summed E-state index contributed by atoms with van der Waals surface area (Å²) in [6, 6.07) is 9.06. The van der Waals surface area contributed by atoms with Gasteiger partial charge in [0.2, 0.25) is 11.1 Å². The van der Waals surface area contributed by atoms with Crippen LogP contribution in [0.1, 0.15) is 23.0 Å². The number of nitrogens with zero attached hydrogens (tertiary/aromatic N) is 3. The van der Waals surface area contributed by atoms with Crippen molar-refractivity contribution in [1.82, 2.24) is 9.78 Å². The molecular weight excluding hydrogens is 438 g/mol. The maximum atomic E-state index is 13.6. The van der Waals surface area contributed by atoms with Crippen LogP contribution in [0.3, 0.4) is 0 Å². The third-order valence-electron chi connectivity index (χ3n) is 4.49. The Morgan fingerprint density at radius 3 is 2.50 bits per heavy atom. The van der Waals surface area contributed by atoms with Crippen LogP contribution in [0.5, 0.6) is 11.5 Å². The summed E-state index contributed by atoms with van der Waals surface area (Å²) in [5, 5.41) is 13.2. The van der Waals surface area contributed by atoms with Gasteiger partial charge in [-0.1, -0.05) is 6.07 Å². The van der Waals surface area contributed by atoms with E-state index in [2.05, 4.69) is 14.6 Å². The van der Waals surface area contributed by atoms with Crippen molar-refractivity contribution in [3.63, 3.8) is 0 Å². The summed E-state index contributed by atoms with van der Waals surface area (Å²) in [6.07, 6.45) is -9.83. The summed E-state index contributed by atoms with van der Waals surface area (Å²) in [4.78, 5) is 25.1. The van der Waals surface area contributed by atoms with E-state index in [9.17, 15) is 32.4 Å². The van der Waals surface area contributed by atoms with Crippen molar-refractivity contribution >= 4 is 16.9 Å². The maximum absolute atomic E-state index is 13.6. The van der Waals surface area contributed by atoms with E-state index in [1.54, 1.807) is 0 Å². The minimum absolute atomic E-state index is 0.0426. The second-order valence-electron chi connectivity index (χ2n) is 6.49. The SMILES string of the molecule is CCOC(=O)c1nn(-c2ccc3c(c2)OC(F)(F)C(F)(F)O3)c2cccc(C#N)c2c1=O. The molecule has 4 rings (SSSR count). The molecule has 3 aromatic rings. The molecule has 32 heavy (non-hydrogen) atoms. The van der Waals surface area contributed by atoms with Gasteiger partial charge >= 0.3 is 18.2 Å². The van der Waals surface area contributed by atoms with Crippen LogP contribution in [0.4, 0.5) is 17.6 Å². The van der Waals surface area contributed by atoms with Crippen LogP contribution in [0.25, 0.3) is 16.6 Å². The lowest BCUT2D eigenvalue weighted by Crippen LogP contribution is -2.52. The van der Waals surface area contributed by atoms with Crippen molar-refractivity contribution in [2.75, 3.05) is 6.61 Å². The monoisotopic (exact) mass is 449 g/mol. The van der Waals surface area contributed by atoms with Crippen LogP contribution in [-0.4, -0.2) is 34.6 Å². The third-order valence-corrected chi connectivity index (χ3v) is 4.49. The molecule has 8 nitrogen and oxygen atoms in total. The summed E-state index contributed by atoms with van der Waals surface area (Å²) in [7, 11) is 0. The van der Waals surface area contributed by atoms with Crippen LogP contribution in [0.15, 0.2) is 41.2 Å². The first-order valence-electron chi connectivity index (χ1n) is 9.01. The highest BCUT2D eigenvalue weighted by Crippen LogP contribution is 2.47. The molecule has 0 bridgehead atoms. The van der Waals surface area contributed by atoms with Crippen molar-refractivity contribution in [3.05, 3.63) is 57.9 Å². The summed E-state index contributed by atoms with van der Waals surface area (Å²) >= 11 is 0. The van der Waals surface area contributed by atoms with Crippen molar-refractivity contribution in [1.29, 1.82) is 5.26 Å². The lowest BCUT2D eigenvalue weighted by Gasteiger charge is -2.32. The highest BCUT2D eigenvalue weighted by atomic mass is 19.3. The van der Waals surface area contributed by atoms with E-state index >= 15 is 0 Å². The lowest BCUT2D eigenvalue weighted by atomic mass is 10.1. The third kappa shape index (κ3) is 3.18. The highest BCUT2D eigenvalue weighted by molar-refractivity contribution is 5.94. The molecule has 1 aromatic heterocycles. The van der Waals surface area contributed by atoms with E-state index < -0.39 is 40.8 Å². The van der Waals surface area contributed by atoms with Gasteiger partial charge in [-0.15, -0.1) is 0 Å². The molecule has 0 fully saturated rings. The van der Waals surface area contributed by atoms with Crippen LogP contribution in [0.2, 0.25) is 0 Å². The van der Waals surface area contributed by atoms with E-state index in [4.69, 9.17) is 4.74 Å². The standard InChI is InChI=1S/C20H11F4N3O5/c1-2-30-18(29)16-17(28)15-10(9-25)4-3-5-12(15)27(26-16)11-6-7-13-14(8-11)32-20(23,24)19(21,22)31-13/h3-8H,2H2,1H3. The Morgan fingerprint density at radius 2 is 1.84 bits per heavy atom. The van der Waals surface area contributed by atoms with Gasteiger partial charge in [-0.2, -0.15) is 27.9 Å². The fraction of sp³-hybridized carbons (Fsp3) is 0.200. The van der Waals surface area contributed by atoms with Gasteiger partial charge in [0.1, 0.15) is 0 Å². The van der Waals surface area contributed by atoms with Crippen molar-refractivity contribution in [2.24, 2.45) is 0 Å². The molecule has 0 saturated carbocycles. The summed E-state index contributed by atoms with van der Waals surface area (Å²) in [5.41, 5.74) is -1.59. The Kier molecular flexibility index (Phi) is 4.77. The summed E-state index contributed by atoms with van der Waals surface area (Å²) in [5.74, 6) is -2.44. The van der Waals surface area contributed by atoms with Gasteiger partial charge in [0, 0.05) is 6.07 Å². The summed E-state index contributed by atoms with van der Waals surface area (Å²) < 4.78 is 68.0. The smallest absolute Gasteiger partial charge is 0.461 e. The Balaban J connectivity index is 1.98. The van der Waals surface area contributed by atoms with E-state index in [0.29, 0.717) is 0 Å². The number of hydrogen-bond donors (Lipinski definition) is 0. The maximum Gasteiger partial charge on any atom is 0.507 e. The molecule has 0 N–H and O–H groups in total. The molecule has 12 heteroatoms. The van der Waals surface area contributed by atoms with E-state index in [1.165, 1.54) is 31.2 Å². The van der Waals surface area contributed by atoms with Gasteiger partial charge in [0.25, 0.3) is 0 Å². The molecule has 2 aromatic carbocycles. The molecule has 1 aliphatic rings. The fourth-order valence-electron chi connectivity index (χ4n) is 3.08. The Bertz CT molecular complexity index is 1360. The van der Waals surface area contributed by atoms with Gasteiger partial charge < -0.3 is 14.2 Å². The molecule has 2 heterocycles. The Hall–Kier alpha value is -4.14. The zero-order valence-electron chi connectivity index (χ0n) is 16.1. The minimum atomic E-state index is -4.94. The number of carbonyl (C=O) groups is 1. The molecule has 0 atom stereocenters. The number of benzene rings is 2. The van der Waals surface area contributed by atoms with Crippen LogP contribution < -0.4 is 14.9 Å². The van der Waals surface area contributed by atoms with Gasteiger partial charge in [-0.05, 0) is 31.2 Å². The first-order valence-corrected chi connectivity index (χ1v) is 9.01. The number of nitriles is 1. The predicted molar refractivity (Wildman–Crippen MR) is 99.2 cm³/mol. The number of esters is 1. The van der Waals surface area contributed by atoms with Crippen LogP contribution in [0, 0.1) is 11.3 Å². The molecule has 0 saturated heterocycles. The average molecular weight is 449 g/mol. The van der Waals surface area contributed by atoms with Gasteiger partial charge in [-0.3, -0.25) is 4.79 Å². The molecule has 0 spiro atoms. The van der Waals surface area contributed by atoms with Crippen molar-refractivity contribution in [3.8, 4) is 23.3 Å². The summed E-state index contributed by atoms with van der Waals surface area (Å²) in [6.45, 7) is 1.44. The van der Waals surface area contributed by atoms with Crippen LogP contribution in [-0.2, 0) is 4.74 Å². The zero-order valence-corrected chi connectivity index (χ0v) is 16.1. The van der Waals surface area contributed by atoms with Crippen molar-refractivity contribution in [2.45, 2.75) is 19.1 Å². The number of carbonyl (C=O) groups excluding carboxylic acids is 1. The number of fused-ring (bicyclic) bond motifs is 2. The van der Waals surface area contributed by atoms with Crippen LogP contribution >= 0.6 is 0 Å². The van der Waals surface area contributed by atoms with E-state index in [1.807, 2.05) is 6.07 Å². The topological polar surface area (TPSA) is 103 Å². The van der Waals surface area contributed by atoms with E-state index in [0.717, 1.165) is 16.8 Å². The van der Waals surface area contributed by atoms with Gasteiger partial charge in [0.15, 0.2) is 11.5 Å². The molecule has 0 radical (unpaired) electrons. The van der Waals surface area contributed by atoms with Crippen molar-refractivity contribution < 1.29 is 36.6 Å². The number of ether oxygens (including phenoxy) is 3. The number of aromatic nitrogens is 2. The highest BCUT2D eigenvalue weighted by Gasteiger charge is 2.65. The molecule has 164 valence electrons. The number of hydrogen-bond acceptors (Lipinski definition) is 7. The second-order valence-corrected chi connectivity index (χ2v) is 6.49. The Morgan fingerprint density at radius 1 is 1.16 bits per heavy atom. The number of alkyl halides is 4. The second kappa shape index (κ2) is 7.23. The van der Waals surface area contributed by atoms with E-state index in [-0.39, 0.29) is 28.8 Å². The minimum Gasteiger partial charge on any atom is -0.461 e. The normalized spacial score (nSPS) is 15.8. The predicted octanol–water partition coefficient (Wildman–Crippen LogP) is 3.39. The fourth-order valence-corrected chi connectivity index (χ4v) is 3.08. The number of rotatable bonds is 3. The molecule has 0 amide bonds. The largest absolute Gasteiger partial charge is 0.507 e. The van der Waals surface area contributed by atoms with Gasteiger partial charge in [0.05, 0.1) is 34.8 Å². The first kappa shape index (κ1) is 21.1. The quantitative estimate of drug-likeness (QED) is 0.446. The molecule has 0 unspecified atom stereocenters. The first-order chi connectivity index (χ1) is 15.1. The average Bonchev–Trinajstić information content (AvgIpc) is 2.74. The molecule has 0 aliphatic carbocycles. The zero-order chi connectivity index (χ0) is 23.3. The Labute approximate surface area is 176 Å². The molecule has 1 aliphatic heterocycles. The lowest BCUT2D eigenvalue weighted by molar-refractivity contribution is -0.391.